The van der Waals surface area contributed by atoms with E-state index < -0.39 is 0 Å². The number of aromatic nitrogens is 2. The second-order valence-electron chi connectivity index (χ2n) is 6.58. The van der Waals surface area contributed by atoms with Gasteiger partial charge in [0.2, 0.25) is 0 Å². The van der Waals surface area contributed by atoms with E-state index in [-0.39, 0.29) is 0 Å². The molecule has 2 saturated heterocycles. The molecule has 1 aromatic rings. The topological polar surface area (TPSA) is 41.0 Å². The smallest absolute Gasteiger partial charge is 0.151 e. The molecule has 2 aliphatic heterocycles. The average Bonchev–Trinajstić information content (AvgIpc) is 3.01. The number of nitrogens with zero attached hydrogens (tertiary/aromatic N) is 3. The van der Waals surface area contributed by atoms with Crippen LogP contribution in [0.15, 0.2) is 12.1 Å². The van der Waals surface area contributed by atoms with Gasteiger partial charge in [-0.3, -0.25) is 0 Å². The zero-order valence-corrected chi connectivity index (χ0v) is 12.0. The molecule has 1 N–H and O–H groups in total. The summed E-state index contributed by atoms with van der Waals surface area (Å²) in [5, 5.41) is 12.3. The molecular formula is C15H24N4. The molecule has 4 nitrogen and oxygen atoms in total. The Morgan fingerprint density at radius 2 is 2.21 bits per heavy atom. The van der Waals surface area contributed by atoms with Crippen LogP contribution in [0.2, 0.25) is 0 Å². The van der Waals surface area contributed by atoms with Crippen molar-refractivity contribution in [2.75, 3.05) is 31.1 Å². The normalized spacial score (nSPS) is 26.8. The zero-order valence-electron chi connectivity index (χ0n) is 12.0. The minimum Gasteiger partial charge on any atom is -0.355 e. The fraction of sp³-hybridized carbons (Fsp3) is 0.733. The van der Waals surface area contributed by atoms with Gasteiger partial charge >= 0.3 is 0 Å². The molecule has 0 saturated carbocycles. The molecule has 3 heterocycles. The van der Waals surface area contributed by atoms with Crippen LogP contribution in [0.25, 0.3) is 0 Å². The first kappa shape index (κ1) is 12.9. The van der Waals surface area contributed by atoms with Crippen molar-refractivity contribution in [3.05, 3.63) is 17.8 Å². The Balaban J connectivity index is 1.66. The Morgan fingerprint density at radius 3 is 2.84 bits per heavy atom. The van der Waals surface area contributed by atoms with Crippen molar-refractivity contribution in [1.82, 2.24) is 15.5 Å². The molecule has 3 rings (SSSR count). The standard InChI is InChI=1S/C15H24N4/c1-12(2)9-13-3-4-14(18-17-13)19-8-6-15(11-19)5-7-16-10-15/h3-4,12,16H,5-11H2,1-2H3. The summed E-state index contributed by atoms with van der Waals surface area (Å²) in [6.07, 6.45) is 3.61. The SMILES string of the molecule is CC(C)Cc1ccc(N2CCC3(CCNC3)C2)nn1. The van der Waals surface area contributed by atoms with Crippen LogP contribution in [0.1, 0.15) is 32.4 Å². The van der Waals surface area contributed by atoms with E-state index in [2.05, 4.69) is 46.4 Å². The summed E-state index contributed by atoms with van der Waals surface area (Å²) in [6.45, 7) is 9.03. The molecule has 4 heteroatoms. The molecule has 1 spiro atoms. The lowest BCUT2D eigenvalue weighted by Gasteiger charge is -2.23. The van der Waals surface area contributed by atoms with Crippen molar-refractivity contribution in [1.29, 1.82) is 0 Å². The fourth-order valence-corrected chi connectivity index (χ4v) is 3.32. The highest BCUT2D eigenvalue weighted by Gasteiger charge is 2.40. The van der Waals surface area contributed by atoms with Crippen molar-refractivity contribution in [2.45, 2.75) is 33.1 Å². The van der Waals surface area contributed by atoms with Gasteiger partial charge in [-0.05, 0) is 43.9 Å². The third kappa shape index (κ3) is 2.73. The van der Waals surface area contributed by atoms with Gasteiger partial charge in [-0.1, -0.05) is 13.8 Å². The molecule has 1 unspecified atom stereocenters. The summed E-state index contributed by atoms with van der Waals surface area (Å²) in [6, 6.07) is 4.28. The Morgan fingerprint density at radius 1 is 1.32 bits per heavy atom. The van der Waals surface area contributed by atoms with Crippen molar-refractivity contribution < 1.29 is 0 Å². The molecule has 0 aliphatic carbocycles. The first-order chi connectivity index (χ1) is 9.17. The van der Waals surface area contributed by atoms with Crippen LogP contribution in [0, 0.1) is 11.3 Å². The fourth-order valence-electron chi connectivity index (χ4n) is 3.32. The Kier molecular flexibility index (Phi) is 3.44. The van der Waals surface area contributed by atoms with Gasteiger partial charge in [0.1, 0.15) is 0 Å². The molecule has 1 aromatic heterocycles. The van der Waals surface area contributed by atoms with E-state index in [4.69, 9.17) is 0 Å². The molecule has 2 fully saturated rings. The third-order valence-corrected chi connectivity index (χ3v) is 4.42. The van der Waals surface area contributed by atoms with Crippen LogP contribution < -0.4 is 10.2 Å². The van der Waals surface area contributed by atoms with Crippen molar-refractivity contribution in [3.8, 4) is 0 Å². The Labute approximate surface area is 115 Å². The van der Waals surface area contributed by atoms with Gasteiger partial charge in [0.15, 0.2) is 5.82 Å². The molecule has 0 bridgehead atoms. The van der Waals surface area contributed by atoms with Gasteiger partial charge in [0, 0.05) is 25.0 Å². The monoisotopic (exact) mass is 260 g/mol. The lowest BCUT2D eigenvalue weighted by atomic mass is 9.87. The van der Waals surface area contributed by atoms with Crippen molar-refractivity contribution >= 4 is 5.82 Å². The number of nitrogens with one attached hydrogen (secondary N) is 1. The van der Waals surface area contributed by atoms with Crippen LogP contribution in [0.5, 0.6) is 0 Å². The van der Waals surface area contributed by atoms with E-state index in [9.17, 15) is 0 Å². The second kappa shape index (κ2) is 5.08. The van der Waals surface area contributed by atoms with Crippen LogP contribution in [-0.4, -0.2) is 36.4 Å². The first-order valence-corrected chi connectivity index (χ1v) is 7.45. The van der Waals surface area contributed by atoms with Crippen molar-refractivity contribution in [2.24, 2.45) is 11.3 Å². The van der Waals surface area contributed by atoms with Crippen LogP contribution in [0.3, 0.4) is 0 Å². The van der Waals surface area contributed by atoms with Gasteiger partial charge in [-0.15, -0.1) is 5.10 Å². The summed E-state index contributed by atoms with van der Waals surface area (Å²) >= 11 is 0. The molecule has 104 valence electrons. The first-order valence-electron chi connectivity index (χ1n) is 7.45. The van der Waals surface area contributed by atoms with Crippen molar-refractivity contribution in [3.63, 3.8) is 0 Å². The quantitative estimate of drug-likeness (QED) is 0.901. The highest BCUT2D eigenvalue weighted by molar-refractivity contribution is 5.39. The summed E-state index contributed by atoms with van der Waals surface area (Å²) < 4.78 is 0. The Hall–Kier alpha value is -1.16. The van der Waals surface area contributed by atoms with Gasteiger partial charge < -0.3 is 10.2 Å². The van der Waals surface area contributed by atoms with Gasteiger partial charge in [-0.2, -0.15) is 5.10 Å². The molecular weight excluding hydrogens is 236 g/mol. The van der Waals surface area contributed by atoms with E-state index >= 15 is 0 Å². The number of rotatable bonds is 3. The largest absolute Gasteiger partial charge is 0.355 e. The highest BCUT2D eigenvalue weighted by atomic mass is 15.3. The lowest BCUT2D eigenvalue weighted by Crippen LogP contribution is -2.29. The maximum atomic E-state index is 4.42. The maximum absolute atomic E-state index is 4.42. The van der Waals surface area contributed by atoms with Crippen LogP contribution >= 0.6 is 0 Å². The number of anilines is 1. The van der Waals surface area contributed by atoms with E-state index in [1.807, 2.05) is 0 Å². The maximum Gasteiger partial charge on any atom is 0.151 e. The summed E-state index contributed by atoms with van der Waals surface area (Å²) in [5.41, 5.74) is 1.60. The minimum atomic E-state index is 0.498. The van der Waals surface area contributed by atoms with Crippen LogP contribution in [0.4, 0.5) is 5.82 Å². The van der Waals surface area contributed by atoms with E-state index in [0.29, 0.717) is 11.3 Å². The zero-order chi connectivity index (χ0) is 13.3. The number of hydrogen-bond donors (Lipinski definition) is 1. The van der Waals surface area contributed by atoms with Gasteiger partial charge in [0.25, 0.3) is 0 Å². The third-order valence-electron chi connectivity index (χ3n) is 4.42. The highest BCUT2D eigenvalue weighted by Crippen LogP contribution is 2.37. The average molecular weight is 260 g/mol. The molecule has 2 aliphatic rings. The second-order valence-corrected chi connectivity index (χ2v) is 6.58. The summed E-state index contributed by atoms with van der Waals surface area (Å²) in [7, 11) is 0. The minimum absolute atomic E-state index is 0.498. The molecule has 19 heavy (non-hydrogen) atoms. The molecule has 0 amide bonds. The predicted octanol–water partition coefficient (Wildman–Crippen LogP) is 1.86. The molecule has 0 aromatic carbocycles. The summed E-state index contributed by atoms with van der Waals surface area (Å²) in [4.78, 5) is 2.40. The molecule has 1 atom stereocenters. The van der Waals surface area contributed by atoms with E-state index in [1.54, 1.807) is 0 Å². The van der Waals surface area contributed by atoms with E-state index in [0.717, 1.165) is 31.0 Å². The van der Waals surface area contributed by atoms with E-state index in [1.165, 1.54) is 25.9 Å². The number of hydrogen-bond acceptors (Lipinski definition) is 4. The summed E-state index contributed by atoms with van der Waals surface area (Å²) in [5.74, 6) is 1.69. The Bertz CT molecular complexity index is 420. The lowest BCUT2D eigenvalue weighted by molar-refractivity contribution is 0.369. The molecule has 0 radical (unpaired) electrons. The van der Waals surface area contributed by atoms with Crippen LogP contribution in [-0.2, 0) is 6.42 Å². The van der Waals surface area contributed by atoms with Gasteiger partial charge in [0.05, 0.1) is 5.69 Å². The van der Waals surface area contributed by atoms with Gasteiger partial charge in [-0.25, -0.2) is 0 Å². The predicted molar refractivity (Wildman–Crippen MR) is 77.3 cm³/mol.